The average Bonchev–Trinajstić information content (AvgIpc) is 2.80. The topological polar surface area (TPSA) is 96.7 Å². The number of esters is 1. The molecule has 3 rings (SSSR count). The molecule has 0 aliphatic heterocycles. The van der Waals surface area contributed by atoms with Gasteiger partial charge >= 0.3 is 5.97 Å². The zero-order valence-electron chi connectivity index (χ0n) is 19.6. The van der Waals surface area contributed by atoms with E-state index in [4.69, 9.17) is 9.72 Å². The molecule has 3 aromatic rings. The van der Waals surface area contributed by atoms with Gasteiger partial charge in [0, 0.05) is 11.1 Å². The second-order valence-electron chi connectivity index (χ2n) is 8.49. The normalized spacial score (nSPS) is 14.9. The molecule has 3 unspecified atom stereocenters. The molecule has 6 nitrogen and oxygen atoms in total. The second kappa shape index (κ2) is 10.6. The van der Waals surface area contributed by atoms with Crippen LogP contribution in [0.5, 0.6) is 5.75 Å². The van der Waals surface area contributed by atoms with Gasteiger partial charge in [0.05, 0.1) is 17.5 Å². The second-order valence-corrected chi connectivity index (χ2v) is 10.00. The number of nitrogens with zero attached hydrogens (tertiary/aromatic N) is 1. The average molecular weight is 485 g/mol. The van der Waals surface area contributed by atoms with Crippen molar-refractivity contribution in [1.82, 2.24) is 4.98 Å². The number of carbonyl (C=O) groups excluding carboxylic acids is 1. The van der Waals surface area contributed by atoms with Gasteiger partial charge in [-0.05, 0) is 43.0 Å². The molecule has 2 N–H and O–H groups in total. The van der Waals surface area contributed by atoms with Crippen molar-refractivity contribution in [3.8, 4) is 28.1 Å². The Morgan fingerprint density at radius 3 is 2.21 bits per heavy atom. The maximum Gasteiger partial charge on any atom is 0.329 e. The molecule has 0 saturated heterocycles. The van der Waals surface area contributed by atoms with Gasteiger partial charge in [-0.1, -0.05) is 63.2 Å². The molecule has 2 aromatic carbocycles. The summed E-state index contributed by atoms with van der Waals surface area (Å²) in [5.41, 5.74) is 3.01. The standard InChI is InChI=1S/C26H29FNO5P/c1-5-26(17(4)29,34(31)32)25(30)33-24-21(18-11-13-20(27)14-12-18)15-22(28-23(24)16(2)3)19-9-7-6-8-10-19/h6-17,29,34H,5H2,1-4H3,(H,31,32). The molecule has 1 aromatic heterocycles. The first kappa shape index (κ1) is 25.8. The lowest BCUT2D eigenvalue weighted by Crippen LogP contribution is -2.47. The summed E-state index contributed by atoms with van der Waals surface area (Å²) in [6.07, 6.45) is -1.49. The van der Waals surface area contributed by atoms with Crippen LogP contribution in [-0.4, -0.2) is 32.2 Å². The van der Waals surface area contributed by atoms with Gasteiger partial charge in [0.15, 0.2) is 10.9 Å². The minimum Gasteiger partial charge on any atom is -0.423 e. The molecular weight excluding hydrogens is 456 g/mol. The summed E-state index contributed by atoms with van der Waals surface area (Å²) in [7, 11) is -3.51. The Labute approximate surface area is 199 Å². The van der Waals surface area contributed by atoms with Crippen molar-refractivity contribution in [3.05, 3.63) is 72.2 Å². The maximum atomic E-state index is 13.7. The highest BCUT2D eigenvalue weighted by molar-refractivity contribution is 7.41. The molecule has 3 atom stereocenters. The molecule has 0 aliphatic rings. The van der Waals surface area contributed by atoms with E-state index in [1.165, 1.54) is 19.1 Å². The molecule has 0 aliphatic carbocycles. The van der Waals surface area contributed by atoms with Gasteiger partial charge in [-0.3, -0.25) is 9.36 Å². The van der Waals surface area contributed by atoms with Crippen LogP contribution in [0.15, 0.2) is 60.7 Å². The van der Waals surface area contributed by atoms with Crippen LogP contribution in [0.4, 0.5) is 4.39 Å². The predicted octanol–water partition coefficient (Wildman–Crippen LogP) is 5.58. The van der Waals surface area contributed by atoms with Gasteiger partial charge in [-0.2, -0.15) is 0 Å². The summed E-state index contributed by atoms with van der Waals surface area (Å²) < 4.78 is 31.7. The number of halogens is 1. The minimum absolute atomic E-state index is 0.0871. The fourth-order valence-electron chi connectivity index (χ4n) is 3.86. The van der Waals surface area contributed by atoms with Gasteiger partial charge in [-0.25, -0.2) is 9.37 Å². The Morgan fingerprint density at radius 1 is 1.09 bits per heavy atom. The summed E-state index contributed by atoms with van der Waals surface area (Å²) in [4.78, 5) is 28.1. The van der Waals surface area contributed by atoms with E-state index < -0.39 is 31.1 Å². The van der Waals surface area contributed by atoms with Crippen molar-refractivity contribution >= 4 is 14.0 Å². The van der Waals surface area contributed by atoms with Gasteiger partial charge in [-0.15, -0.1) is 0 Å². The molecule has 0 radical (unpaired) electrons. The van der Waals surface area contributed by atoms with Crippen molar-refractivity contribution in [2.45, 2.75) is 51.3 Å². The van der Waals surface area contributed by atoms with Gasteiger partial charge in [0.1, 0.15) is 5.82 Å². The number of benzene rings is 2. The lowest BCUT2D eigenvalue weighted by Gasteiger charge is -2.31. The van der Waals surface area contributed by atoms with Crippen LogP contribution in [0.1, 0.15) is 45.7 Å². The number of aliphatic hydroxyl groups excluding tert-OH is 1. The van der Waals surface area contributed by atoms with Crippen LogP contribution < -0.4 is 4.74 Å². The number of carbonyl (C=O) groups is 1. The van der Waals surface area contributed by atoms with Crippen molar-refractivity contribution in [2.24, 2.45) is 0 Å². The smallest absolute Gasteiger partial charge is 0.329 e. The Balaban J connectivity index is 2.27. The van der Waals surface area contributed by atoms with Crippen LogP contribution in [0.2, 0.25) is 0 Å². The van der Waals surface area contributed by atoms with E-state index in [0.29, 0.717) is 22.5 Å². The van der Waals surface area contributed by atoms with E-state index in [1.807, 2.05) is 44.2 Å². The van der Waals surface area contributed by atoms with Crippen LogP contribution in [0, 0.1) is 5.82 Å². The molecule has 34 heavy (non-hydrogen) atoms. The van der Waals surface area contributed by atoms with Crippen molar-refractivity contribution in [1.29, 1.82) is 0 Å². The molecule has 180 valence electrons. The SMILES string of the molecule is CCC(C(=O)Oc1c(-c2ccc(F)cc2)cc(-c2ccccc2)nc1C(C)C)(C(C)O)[PH](=O)O. The summed E-state index contributed by atoms with van der Waals surface area (Å²) in [6.45, 7) is 6.62. The third-order valence-electron chi connectivity index (χ3n) is 5.98. The zero-order valence-corrected chi connectivity index (χ0v) is 20.6. The summed E-state index contributed by atoms with van der Waals surface area (Å²) in [5.74, 6) is -1.48. The number of ether oxygens (including phenoxy) is 1. The third kappa shape index (κ3) is 4.97. The van der Waals surface area contributed by atoms with E-state index >= 15 is 0 Å². The molecule has 1 heterocycles. The number of aliphatic hydroxyl groups is 1. The summed E-state index contributed by atoms with van der Waals surface area (Å²) >= 11 is 0. The minimum atomic E-state index is -3.51. The van der Waals surface area contributed by atoms with E-state index in [2.05, 4.69) is 0 Å². The fraction of sp³-hybridized carbons (Fsp3) is 0.308. The van der Waals surface area contributed by atoms with Crippen molar-refractivity contribution in [3.63, 3.8) is 0 Å². The summed E-state index contributed by atoms with van der Waals surface area (Å²) in [6, 6.07) is 16.9. The lowest BCUT2D eigenvalue weighted by molar-refractivity contribution is -0.140. The molecular formula is C26H29FNO5P. The Morgan fingerprint density at radius 2 is 1.71 bits per heavy atom. The summed E-state index contributed by atoms with van der Waals surface area (Å²) in [5, 5.41) is 8.32. The lowest BCUT2D eigenvalue weighted by atomic mass is 9.96. The quantitative estimate of drug-likeness (QED) is 0.319. The molecule has 0 fully saturated rings. The van der Waals surface area contributed by atoms with E-state index in [0.717, 1.165) is 5.56 Å². The Bertz CT molecular complexity index is 1180. The first-order valence-corrected chi connectivity index (χ1v) is 12.5. The molecule has 0 amide bonds. The van der Waals surface area contributed by atoms with E-state index in [1.54, 1.807) is 25.1 Å². The first-order chi connectivity index (χ1) is 16.1. The maximum absolute atomic E-state index is 13.7. The molecule has 0 saturated carbocycles. The van der Waals surface area contributed by atoms with Crippen LogP contribution in [0.3, 0.4) is 0 Å². The Hall–Kier alpha value is -2.86. The van der Waals surface area contributed by atoms with E-state index in [9.17, 15) is 23.7 Å². The predicted molar refractivity (Wildman–Crippen MR) is 131 cm³/mol. The first-order valence-electron chi connectivity index (χ1n) is 11.1. The number of rotatable bonds is 8. The monoisotopic (exact) mass is 485 g/mol. The molecule has 8 heteroatoms. The fourth-order valence-corrected chi connectivity index (χ4v) is 4.75. The highest BCUT2D eigenvalue weighted by Gasteiger charge is 2.49. The molecule has 0 spiro atoms. The van der Waals surface area contributed by atoms with Gasteiger partial charge < -0.3 is 14.7 Å². The van der Waals surface area contributed by atoms with Crippen LogP contribution >= 0.6 is 8.03 Å². The third-order valence-corrected chi connectivity index (χ3v) is 7.72. The zero-order chi connectivity index (χ0) is 25.0. The van der Waals surface area contributed by atoms with Gasteiger partial charge in [0.25, 0.3) is 0 Å². The van der Waals surface area contributed by atoms with Crippen molar-refractivity contribution in [2.75, 3.05) is 0 Å². The van der Waals surface area contributed by atoms with Crippen LogP contribution in [-0.2, 0) is 9.36 Å². The van der Waals surface area contributed by atoms with E-state index in [-0.39, 0.29) is 18.1 Å². The number of hydrogen-bond donors (Lipinski definition) is 2. The molecule has 0 bridgehead atoms. The number of pyridine rings is 1. The Kier molecular flexibility index (Phi) is 8.03. The number of hydrogen-bond acceptors (Lipinski definition) is 5. The largest absolute Gasteiger partial charge is 0.423 e. The van der Waals surface area contributed by atoms with Crippen LogP contribution in [0.25, 0.3) is 22.4 Å². The highest BCUT2D eigenvalue weighted by atomic mass is 31.1. The number of aromatic nitrogens is 1. The van der Waals surface area contributed by atoms with Gasteiger partial charge in [0.2, 0.25) is 8.03 Å². The van der Waals surface area contributed by atoms with Crippen molar-refractivity contribution < 1.29 is 28.5 Å². The highest BCUT2D eigenvalue weighted by Crippen LogP contribution is 2.45.